The highest BCUT2D eigenvalue weighted by Crippen LogP contribution is 2.15. The van der Waals surface area contributed by atoms with Crippen molar-refractivity contribution >= 4 is 22.6 Å². The van der Waals surface area contributed by atoms with E-state index in [0.29, 0.717) is 11.2 Å². The second-order valence-electron chi connectivity index (χ2n) is 3.76. The Kier molecular flexibility index (Phi) is 3.51. The summed E-state index contributed by atoms with van der Waals surface area (Å²) >= 11 is 0. The van der Waals surface area contributed by atoms with Crippen molar-refractivity contribution in [3.8, 4) is 12.3 Å². The maximum absolute atomic E-state index is 11.7. The molecule has 0 fully saturated rings. The quantitative estimate of drug-likeness (QED) is 0.782. The van der Waals surface area contributed by atoms with Crippen LogP contribution in [-0.4, -0.2) is 21.9 Å². The third-order valence-electron chi connectivity index (χ3n) is 2.41. The van der Waals surface area contributed by atoms with Crippen LogP contribution in [0.1, 0.15) is 6.42 Å². The predicted molar refractivity (Wildman–Crippen MR) is 69.6 cm³/mol. The van der Waals surface area contributed by atoms with Crippen molar-refractivity contribution in [3.63, 3.8) is 0 Å². The number of aromatic nitrogens is 2. The summed E-state index contributed by atoms with van der Waals surface area (Å²) in [5.41, 5.74) is 7.71. The first-order chi connectivity index (χ1) is 8.70. The van der Waals surface area contributed by atoms with Crippen molar-refractivity contribution < 1.29 is 4.79 Å². The molecule has 0 aliphatic carbocycles. The minimum absolute atomic E-state index is 0.208. The van der Waals surface area contributed by atoms with E-state index in [1.54, 1.807) is 30.6 Å². The molecule has 1 atom stereocenters. The lowest BCUT2D eigenvalue weighted by atomic mass is 10.2. The molecule has 3 N–H and O–H groups in total. The van der Waals surface area contributed by atoms with Crippen LogP contribution in [0.15, 0.2) is 30.6 Å². The number of nitrogens with two attached hydrogens (primary N) is 1. The van der Waals surface area contributed by atoms with Gasteiger partial charge in [-0.2, -0.15) is 0 Å². The third-order valence-corrected chi connectivity index (χ3v) is 2.41. The van der Waals surface area contributed by atoms with Crippen molar-refractivity contribution in [1.82, 2.24) is 9.97 Å². The molecule has 1 heterocycles. The van der Waals surface area contributed by atoms with Crippen LogP contribution in [0.4, 0.5) is 5.69 Å². The highest BCUT2D eigenvalue weighted by atomic mass is 16.2. The summed E-state index contributed by atoms with van der Waals surface area (Å²) in [6, 6.07) is 4.57. The molecule has 1 unspecified atom stereocenters. The molecule has 1 aromatic heterocycles. The topological polar surface area (TPSA) is 80.9 Å². The number of anilines is 1. The van der Waals surface area contributed by atoms with Gasteiger partial charge in [0.25, 0.3) is 0 Å². The highest BCUT2D eigenvalue weighted by Gasteiger charge is 2.12. The molecule has 2 aromatic rings. The van der Waals surface area contributed by atoms with Crippen molar-refractivity contribution in [3.05, 3.63) is 30.6 Å². The summed E-state index contributed by atoms with van der Waals surface area (Å²) in [4.78, 5) is 20.0. The summed E-state index contributed by atoms with van der Waals surface area (Å²) in [6.07, 6.45) is 8.52. The molecule has 1 aromatic carbocycles. The van der Waals surface area contributed by atoms with Crippen LogP contribution < -0.4 is 11.1 Å². The molecule has 18 heavy (non-hydrogen) atoms. The van der Waals surface area contributed by atoms with Crippen LogP contribution in [0.2, 0.25) is 0 Å². The zero-order chi connectivity index (χ0) is 13.0. The Hall–Kier alpha value is -2.45. The molecule has 0 saturated carbocycles. The largest absolute Gasteiger partial charge is 0.325 e. The van der Waals surface area contributed by atoms with Crippen LogP contribution >= 0.6 is 0 Å². The van der Waals surface area contributed by atoms with Gasteiger partial charge in [-0.3, -0.25) is 14.8 Å². The third kappa shape index (κ3) is 2.62. The van der Waals surface area contributed by atoms with Gasteiger partial charge in [-0.25, -0.2) is 0 Å². The number of benzene rings is 1. The minimum atomic E-state index is -0.701. The normalized spacial score (nSPS) is 11.8. The summed E-state index contributed by atoms with van der Waals surface area (Å²) in [6.45, 7) is 0. The number of amides is 1. The van der Waals surface area contributed by atoms with E-state index >= 15 is 0 Å². The highest BCUT2D eigenvalue weighted by molar-refractivity contribution is 5.96. The van der Waals surface area contributed by atoms with E-state index in [-0.39, 0.29) is 12.3 Å². The molecule has 0 aliphatic rings. The van der Waals surface area contributed by atoms with Gasteiger partial charge in [0.15, 0.2) is 0 Å². The Morgan fingerprint density at radius 3 is 2.83 bits per heavy atom. The van der Waals surface area contributed by atoms with Crippen LogP contribution in [0.5, 0.6) is 0 Å². The molecular formula is C13H12N4O. The van der Waals surface area contributed by atoms with Crippen LogP contribution in [0.3, 0.4) is 0 Å². The molecule has 1 amide bonds. The number of nitrogens with zero attached hydrogens (tertiary/aromatic N) is 2. The lowest BCUT2D eigenvalue weighted by Crippen LogP contribution is -2.35. The fourth-order valence-corrected chi connectivity index (χ4v) is 1.50. The lowest BCUT2D eigenvalue weighted by Gasteiger charge is -2.09. The van der Waals surface area contributed by atoms with Gasteiger partial charge in [-0.1, -0.05) is 0 Å². The van der Waals surface area contributed by atoms with Crippen molar-refractivity contribution in [2.75, 3.05) is 5.32 Å². The Balaban J connectivity index is 2.17. The number of carbonyl (C=O) groups is 1. The molecule has 2 rings (SSSR count). The number of rotatable bonds is 3. The molecule has 5 nitrogen and oxygen atoms in total. The fraction of sp³-hybridized carbons (Fsp3) is 0.154. The van der Waals surface area contributed by atoms with E-state index in [4.69, 9.17) is 12.2 Å². The Morgan fingerprint density at radius 2 is 2.11 bits per heavy atom. The summed E-state index contributed by atoms with van der Waals surface area (Å²) < 4.78 is 0. The summed E-state index contributed by atoms with van der Waals surface area (Å²) in [5.74, 6) is 2.05. The van der Waals surface area contributed by atoms with E-state index in [2.05, 4.69) is 21.2 Å². The van der Waals surface area contributed by atoms with Gasteiger partial charge in [-0.15, -0.1) is 12.3 Å². The first-order valence-electron chi connectivity index (χ1n) is 5.41. The van der Waals surface area contributed by atoms with Gasteiger partial charge < -0.3 is 11.1 Å². The van der Waals surface area contributed by atoms with E-state index in [1.165, 1.54) is 0 Å². The fourth-order valence-electron chi connectivity index (χ4n) is 1.50. The average Bonchev–Trinajstić information content (AvgIpc) is 2.39. The first kappa shape index (κ1) is 12.0. The Labute approximate surface area is 104 Å². The van der Waals surface area contributed by atoms with Gasteiger partial charge >= 0.3 is 0 Å². The van der Waals surface area contributed by atoms with Crippen molar-refractivity contribution in [1.29, 1.82) is 0 Å². The van der Waals surface area contributed by atoms with Crippen molar-refractivity contribution in [2.24, 2.45) is 5.73 Å². The molecule has 0 saturated heterocycles. The number of nitrogens with one attached hydrogen (secondary N) is 1. The van der Waals surface area contributed by atoms with Gasteiger partial charge in [0.1, 0.15) is 0 Å². The maximum Gasteiger partial charge on any atom is 0.242 e. The monoisotopic (exact) mass is 240 g/mol. The van der Waals surface area contributed by atoms with Gasteiger partial charge in [0.05, 0.1) is 17.1 Å². The van der Waals surface area contributed by atoms with Gasteiger partial charge in [-0.05, 0) is 18.2 Å². The summed E-state index contributed by atoms with van der Waals surface area (Å²) in [7, 11) is 0. The lowest BCUT2D eigenvalue weighted by molar-refractivity contribution is -0.117. The van der Waals surface area contributed by atoms with E-state index in [1.807, 2.05) is 0 Å². The molecule has 0 radical (unpaired) electrons. The zero-order valence-electron chi connectivity index (χ0n) is 9.63. The van der Waals surface area contributed by atoms with Crippen molar-refractivity contribution in [2.45, 2.75) is 12.5 Å². The van der Waals surface area contributed by atoms with Gasteiger partial charge in [0.2, 0.25) is 5.91 Å². The molecule has 0 spiro atoms. The Morgan fingerprint density at radius 1 is 1.39 bits per heavy atom. The zero-order valence-corrected chi connectivity index (χ0v) is 9.63. The number of carbonyl (C=O) groups excluding carboxylic acids is 1. The predicted octanol–water partition coefficient (Wildman–Crippen LogP) is 0.919. The second kappa shape index (κ2) is 5.25. The first-order valence-corrected chi connectivity index (χ1v) is 5.41. The standard InChI is InChI=1S/C13H12N4O/c1-2-3-10(14)13(18)17-9-4-5-11-12(8-9)16-7-6-15-11/h1,4-8,10H,3,14H2,(H,17,18). The SMILES string of the molecule is C#CCC(N)C(=O)Nc1ccc2nccnc2c1. The number of terminal acetylenes is 1. The molecule has 90 valence electrons. The van der Waals surface area contributed by atoms with E-state index in [9.17, 15) is 4.79 Å². The number of fused-ring (bicyclic) bond motifs is 1. The maximum atomic E-state index is 11.7. The van der Waals surface area contributed by atoms with Crippen LogP contribution in [0.25, 0.3) is 11.0 Å². The van der Waals surface area contributed by atoms with Crippen LogP contribution in [0, 0.1) is 12.3 Å². The van der Waals surface area contributed by atoms with Crippen LogP contribution in [-0.2, 0) is 4.79 Å². The molecular weight excluding hydrogens is 228 g/mol. The minimum Gasteiger partial charge on any atom is -0.325 e. The Bertz CT molecular complexity index is 618. The van der Waals surface area contributed by atoms with E-state index < -0.39 is 6.04 Å². The number of hydrogen-bond donors (Lipinski definition) is 2. The summed E-state index contributed by atoms with van der Waals surface area (Å²) in [5, 5.41) is 2.69. The average molecular weight is 240 g/mol. The molecule has 0 bridgehead atoms. The van der Waals surface area contributed by atoms with Gasteiger partial charge in [0, 0.05) is 24.5 Å². The van der Waals surface area contributed by atoms with E-state index in [0.717, 1.165) is 5.52 Å². The molecule has 0 aliphatic heterocycles. The molecule has 5 heteroatoms. The second-order valence-corrected chi connectivity index (χ2v) is 3.76. The number of hydrogen-bond acceptors (Lipinski definition) is 4. The smallest absolute Gasteiger partial charge is 0.242 e.